The van der Waals surface area contributed by atoms with E-state index in [1.807, 2.05) is 18.2 Å². The van der Waals surface area contributed by atoms with Crippen molar-refractivity contribution in [3.8, 4) is 17.6 Å². The summed E-state index contributed by atoms with van der Waals surface area (Å²) in [6, 6.07) is 21.6. The standard InChI is InChI=1S/C25H21BrN4O4/c1-33-23-12-17(10-11-22(23)34-16-19-7-3-2-6-18(19)14-27)15-28-30-25(32)13-24(31)29-21-9-5-4-8-20(21)26/h2-12,15H,13,16H2,1H3,(H,29,31)(H,30,32). The highest BCUT2D eigenvalue weighted by Gasteiger charge is 2.11. The third-order valence-electron chi connectivity index (χ3n) is 4.58. The number of nitriles is 1. The predicted molar refractivity (Wildman–Crippen MR) is 132 cm³/mol. The second-order valence-electron chi connectivity index (χ2n) is 6.97. The van der Waals surface area contributed by atoms with Gasteiger partial charge in [0.2, 0.25) is 11.8 Å². The number of benzene rings is 3. The Hall–Kier alpha value is -4.16. The summed E-state index contributed by atoms with van der Waals surface area (Å²) in [6.07, 6.45) is 1.06. The number of amides is 2. The van der Waals surface area contributed by atoms with Crippen LogP contribution >= 0.6 is 15.9 Å². The van der Waals surface area contributed by atoms with E-state index in [1.165, 1.54) is 13.3 Å². The average Bonchev–Trinajstić information content (AvgIpc) is 2.84. The molecule has 0 aromatic heterocycles. The molecule has 172 valence electrons. The van der Waals surface area contributed by atoms with Gasteiger partial charge >= 0.3 is 0 Å². The van der Waals surface area contributed by atoms with E-state index in [0.717, 1.165) is 10.0 Å². The van der Waals surface area contributed by atoms with Crippen molar-refractivity contribution in [3.05, 3.63) is 87.9 Å². The molecule has 9 heteroatoms. The van der Waals surface area contributed by atoms with Crippen LogP contribution < -0.4 is 20.2 Å². The monoisotopic (exact) mass is 520 g/mol. The zero-order chi connectivity index (χ0) is 24.3. The van der Waals surface area contributed by atoms with E-state index in [2.05, 4.69) is 37.8 Å². The maximum absolute atomic E-state index is 12.0. The number of para-hydroxylation sites is 1. The molecule has 2 N–H and O–H groups in total. The molecule has 0 aliphatic carbocycles. The SMILES string of the molecule is COc1cc(C=NNC(=O)CC(=O)Nc2ccccc2Br)ccc1OCc1ccccc1C#N. The fourth-order valence-corrected chi connectivity index (χ4v) is 3.30. The molecule has 8 nitrogen and oxygen atoms in total. The molecule has 0 radical (unpaired) electrons. The van der Waals surface area contributed by atoms with Crippen LogP contribution in [-0.4, -0.2) is 25.1 Å². The van der Waals surface area contributed by atoms with Crippen LogP contribution in [0.5, 0.6) is 11.5 Å². The number of hydrazone groups is 1. The van der Waals surface area contributed by atoms with Gasteiger partial charge in [-0.2, -0.15) is 10.4 Å². The van der Waals surface area contributed by atoms with Crippen LogP contribution in [0.25, 0.3) is 0 Å². The van der Waals surface area contributed by atoms with E-state index in [-0.39, 0.29) is 13.0 Å². The Morgan fingerprint density at radius 2 is 1.82 bits per heavy atom. The highest BCUT2D eigenvalue weighted by atomic mass is 79.9. The Morgan fingerprint density at radius 3 is 2.59 bits per heavy atom. The summed E-state index contributed by atoms with van der Waals surface area (Å²) in [4.78, 5) is 24.0. The van der Waals surface area contributed by atoms with Crippen molar-refractivity contribution in [1.29, 1.82) is 5.26 Å². The maximum atomic E-state index is 12.0. The molecule has 0 unspecified atom stereocenters. The minimum Gasteiger partial charge on any atom is -0.493 e. The number of hydrogen-bond donors (Lipinski definition) is 2. The molecule has 0 atom stereocenters. The van der Waals surface area contributed by atoms with Crippen LogP contribution in [0.1, 0.15) is 23.1 Å². The van der Waals surface area contributed by atoms with Gasteiger partial charge in [-0.25, -0.2) is 5.43 Å². The fourth-order valence-electron chi connectivity index (χ4n) is 2.92. The number of ether oxygens (including phenoxy) is 2. The predicted octanol–water partition coefficient (Wildman–Crippen LogP) is 4.39. The van der Waals surface area contributed by atoms with Crippen molar-refractivity contribution in [2.45, 2.75) is 13.0 Å². The maximum Gasteiger partial charge on any atom is 0.249 e. The Morgan fingerprint density at radius 1 is 1.06 bits per heavy atom. The molecule has 0 bridgehead atoms. The van der Waals surface area contributed by atoms with E-state index in [0.29, 0.717) is 28.3 Å². The van der Waals surface area contributed by atoms with Gasteiger partial charge in [-0.1, -0.05) is 30.3 Å². The van der Waals surface area contributed by atoms with Gasteiger partial charge in [0.15, 0.2) is 11.5 Å². The van der Waals surface area contributed by atoms with Crippen molar-refractivity contribution in [1.82, 2.24) is 5.43 Å². The summed E-state index contributed by atoms with van der Waals surface area (Å²) in [5, 5.41) is 15.7. The number of hydrogen-bond acceptors (Lipinski definition) is 6. The van der Waals surface area contributed by atoms with Gasteiger partial charge in [-0.3, -0.25) is 9.59 Å². The summed E-state index contributed by atoms with van der Waals surface area (Å²) in [5.74, 6) is -0.0395. The highest BCUT2D eigenvalue weighted by molar-refractivity contribution is 9.10. The summed E-state index contributed by atoms with van der Waals surface area (Å²) >= 11 is 3.33. The van der Waals surface area contributed by atoms with Gasteiger partial charge in [0.05, 0.1) is 30.6 Å². The van der Waals surface area contributed by atoms with Crippen LogP contribution in [0.3, 0.4) is 0 Å². The molecule has 0 fully saturated rings. The summed E-state index contributed by atoms with van der Waals surface area (Å²) in [6.45, 7) is 0.213. The number of carbonyl (C=O) groups is 2. The quantitative estimate of drug-likeness (QED) is 0.247. The van der Waals surface area contributed by atoms with Crippen LogP contribution in [0.2, 0.25) is 0 Å². The summed E-state index contributed by atoms with van der Waals surface area (Å²) in [7, 11) is 1.51. The molecule has 0 spiro atoms. The smallest absolute Gasteiger partial charge is 0.249 e. The first-order valence-corrected chi connectivity index (χ1v) is 10.9. The summed E-state index contributed by atoms with van der Waals surface area (Å²) in [5.41, 5.74) is 4.87. The molecule has 0 saturated heterocycles. The lowest BCUT2D eigenvalue weighted by Gasteiger charge is -2.12. The van der Waals surface area contributed by atoms with Crippen LogP contribution in [0, 0.1) is 11.3 Å². The second-order valence-corrected chi connectivity index (χ2v) is 7.82. The van der Waals surface area contributed by atoms with Crippen molar-refractivity contribution < 1.29 is 19.1 Å². The molecule has 3 aromatic carbocycles. The number of nitrogens with zero attached hydrogens (tertiary/aromatic N) is 2. The van der Waals surface area contributed by atoms with Gasteiger partial charge in [0, 0.05) is 10.0 Å². The van der Waals surface area contributed by atoms with Gasteiger partial charge in [0.1, 0.15) is 13.0 Å². The van der Waals surface area contributed by atoms with Crippen molar-refractivity contribution in [2.75, 3.05) is 12.4 Å². The average molecular weight is 521 g/mol. The van der Waals surface area contributed by atoms with E-state index in [9.17, 15) is 14.9 Å². The largest absolute Gasteiger partial charge is 0.493 e. The number of rotatable bonds is 9. The van der Waals surface area contributed by atoms with Crippen molar-refractivity contribution in [3.63, 3.8) is 0 Å². The lowest BCUT2D eigenvalue weighted by atomic mass is 10.1. The Kier molecular flexibility index (Phi) is 8.77. The highest BCUT2D eigenvalue weighted by Crippen LogP contribution is 2.28. The first-order valence-electron chi connectivity index (χ1n) is 10.1. The molecular formula is C25H21BrN4O4. The number of halogens is 1. The zero-order valence-electron chi connectivity index (χ0n) is 18.2. The van der Waals surface area contributed by atoms with Gasteiger partial charge in [0.25, 0.3) is 0 Å². The number of nitrogens with one attached hydrogen (secondary N) is 2. The van der Waals surface area contributed by atoms with Crippen LogP contribution in [0.15, 0.2) is 76.3 Å². The number of anilines is 1. The normalized spacial score (nSPS) is 10.4. The van der Waals surface area contributed by atoms with Gasteiger partial charge < -0.3 is 14.8 Å². The molecule has 34 heavy (non-hydrogen) atoms. The Bertz CT molecular complexity index is 1250. The number of carbonyl (C=O) groups excluding carboxylic acids is 2. The zero-order valence-corrected chi connectivity index (χ0v) is 19.8. The molecule has 0 heterocycles. The molecule has 2 amide bonds. The van der Waals surface area contributed by atoms with Gasteiger partial charge in [-0.05, 0) is 57.9 Å². The van der Waals surface area contributed by atoms with E-state index in [4.69, 9.17) is 9.47 Å². The third-order valence-corrected chi connectivity index (χ3v) is 5.27. The second kappa shape index (κ2) is 12.2. The lowest BCUT2D eigenvalue weighted by molar-refractivity contribution is -0.126. The van der Waals surface area contributed by atoms with Crippen LogP contribution in [0.4, 0.5) is 5.69 Å². The number of methoxy groups -OCH3 is 1. The van der Waals surface area contributed by atoms with E-state index in [1.54, 1.807) is 48.5 Å². The van der Waals surface area contributed by atoms with Gasteiger partial charge in [-0.15, -0.1) is 0 Å². The van der Waals surface area contributed by atoms with Crippen molar-refractivity contribution in [2.24, 2.45) is 5.10 Å². The Labute approximate surface area is 205 Å². The Balaban J connectivity index is 1.54. The van der Waals surface area contributed by atoms with E-state index < -0.39 is 11.8 Å². The molecule has 0 aliphatic rings. The summed E-state index contributed by atoms with van der Waals surface area (Å²) < 4.78 is 11.9. The third kappa shape index (κ3) is 6.92. The molecule has 3 rings (SSSR count). The van der Waals surface area contributed by atoms with Crippen LogP contribution in [-0.2, 0) is 16.2 Å². The lowest BCUT2D eigenvalue weighted by Crippen LogP contribution is -2.24. The minimum absolute atomic E-state index is 0.213. The molecule has 0 aliphatic heterocycles. The molecular weight excluding hydrogens is 500 g/mol. The first-order chi connectivity index (χ1) is 16.5. The molecule has 3 aromatic rings. The first kappa shape index (κ1) is 24.5. The molecule has 0 saturated carbocycles. The fraction of sp³-hybridized carbons (Fsp3) is 0.120. The topological polar surface area (TPSA) is 113 Å². The van der Waals surface area contributed by atoms with E-state index >= 15 is 0 Å². The minimum atomic E-state index is -0.552. The van der Waals surface area contributed by atoms with Crippen molar-refractivity contribution >= 4 is 39.6 Å².